The monoisotopic (exact) mass is 289 g/mol. The summed E-state index contributed by atoms with van der Waals surface area (Å²) >= 11 is 0. The number of pyridine rings is 1. The van der Waals surface area contributed by atoms with Crippen LogP contribution in [0.1, 0.15) is 29.6 Å². The molecular formula is C13H15N5O3. The number of carboxylic acids is 1. The van der Waals surface area contributed by atoms with Crippen LogP contribution in [0.3, 0.4) is 0 Å². The minimum absolute atomic E-state index is 0.115. The number of unbranched alkanes of at least 4 members (excludes halogenated alkanes) is 1. The lowest BCUT2D eigenvalue weighted by atomic mass is 10.2. The Bertz CT molecular complexity index is 595. The number of carbonyl (C=O) groups is 2. The number of aliphatic carboxylic acids is 1. The molecule has 0 spiro atoms. The van der Waals surface area contributed by atoms with Gasteiger partial charge >= 0.3 is 5.97 Å². The Kier molecular flexibility index (Phi) is 4.97. The Morgan fingerprint density at radius 2 is 2.14 bits per heavy atom. The molecule has 0 unspecified atom stereocenters. The fourth-order valence-corrected chi connectivity index (χ4v) is 1.69. The van der Waals surface area contributed by atoms with E-state index in [0.29, 0.717) is 30.8 Å². The Morgan fingerprint density at radius 3 is 2.76 bits per heavy atom. The Hall–Kier alpha value is -2.77. The van der Waals surface area contributed by atoms with E-state index in [1.165, 1.54) is 23.5 Å². The number of nitrogens with one attached hydrogen (secondary N) is 1. The van der Waals surface area contributed by atoms with Crippen LogP contribution in [0.2, 0.25) is 0 Å². The largest absolute Gasteiger partial charge is 0.481 e. The lowest BCUT2D eigenvalue weighted by molar-refractivity contribution is -0.137. The Morgan fingerprint density at radius 1 is 1.29 bits per heavy atom. The fourth-order valence-electron chi connectivity index (χ4n) is 1.69. The molecule has 0 fully saturated rings. The summed E-state index contributed by atoms with van der Waals surface area (Å²) in [6, 6.07) is 3.32. The van der Waals surface area contributed by atoms with Crippen molar-refractivity contribution in [2.75, 3.05) is 6.54 Å². The highest BCUT2D eigenvalue weighted by Crippen LogP contribution is 2.04. The van der Waals surface area contributed by atoms with E-state index < -0.39 is 5.97 Å². The maximum absolute atomic E-state index is 11.8. The van der Waals surface area contributed by atoms with E-state index in [-0.39, 0.29) is 12.3 Å². The van der Waals surface area contributed by atoms with Crippen LogP contribution in [0.15, 0.2) is 31.0 Å². The molecule has 8 nitrogen and oxygen atoms in total. The maximum atomic E-state index is 11.8. The molecule has 110 valence electrons. The third-order valence-corrected chi connectivity index (χ3v) is 2.77. The van der Waals surface area contributed by atoms with Gasteiger partial charge in [0, 0.05) is 19.2 Å². The molecule has 1 amide bonds. The predicted octanol–water partition coefficient (Wildman–Crippen LogP) is 0.647. The van der Waals surface area contributed by atoms with Crippen LogP contribution in [0.25, 0.3) is 5.82 Å². The molecule has 2 heterocycles. The van der Waals surface area contributed by atoms with Crippen LogP contribution in [0.4, 0.5) is 0 Å². The molecule has 0 bridgehead atoms. The molecule has 0 aliphatic heterocycles. The van der Waals surface area contributed by atoms with Crippen molar-refractivity contribution in [2.45, 2.75) is 19.3 Å². The van der Waals surface area contributed by atoms with E-state index in [4.69, 9.17) is 5.11 Å². The van der Waals surface area contributed by atoms with Gasteiger partial charge < -0.3 is 10.4 Å². The number of carboxylic acid groups (broad SMARTS) is 1. The van der Waals surface area contributed by atoms with Crippen LogP contribution in [0.5, 0.6) is 0 Å². The molecule has 0 aromatic carbocycles. The number of aromatic nitrogens is 4. The summed E-state index contributed by atoms with van der Waals surface area (Å²) < 4.78 is 1.49. The van der Waals surface area contributed by atoms with Crippen molar-refractivity contribution in [3.05, 3.63) is 36.5 Å². The molecule has 0 aliphatic carbocycles. The Labute approximate surface area is 120 Å². The number of carbonyl (C=O) groups excluding carboxylic acids is 1. The normalized spacial score (nSPS) is 10.3. The van der Waals surface area contributed by atoms with Crippen LogP contribution >= 0.6 is 0 Å². The van der Waals surface area contributed by atoms with Crippen LogP contribution in [-0.2, 0) is 4.79 Å². The highest BCUT2D eigenvalue weighted by molar-refractivity contribution is 5.93. The van der Waals surface area contributed by atoms with Crippen molar-refractivity contribution < 1.29 is 14.7 Å². The molecule has 8 heteroatoms. The molecular weight excluding hydrogens is 274 g/mol. The number of amides is 1. The van der Waals surface area contributed by atoms with Gasteiger partial charge in [-0.05, 0) is 25.0 Å². The molecule has 0 atom stereocenters. The van der Waals surface area contributed by atoms with E-state index in [9.17, 15) is 9.59 Å². The van der Waals surface area contributed by atoms with Gasteiger partial charge in [0.15, 0.2) is 5.82 Å². The van der Waals surface area contributed by atoms with Gasteiger partial charge in [-0.1, -0.05) is 0 Å². The minimum Gasteiger partial charge on any atom is -0.481 e. The summed E-state index contributed by atoms with van der Waals surface area (Å²) in [4.78, 5) is 30.1. The highest BCUT2D eigenvalue weighted by Gasteiger charge is 2.06. The first-order chi connectivity index (χ1) is 10.2. The highest BCUT2D eigenvalue weighted by atomic mass is 16.4. The van der Waals surface area contributed by atoms with E-state index in [0.717, 1.165) is 0 Å². The summed E-state index contributed by atoms with van der Waals surface area (Å²) in [7, 11) is 0. The van der Waals surface area contributed by atoms with Gasteiger partial charge in [0.2, 0.25) is 0 Å². The van der Waals surface area contributed by atoms with Crippen molar-refractivity contribution in [1.29, 1.82) is 0 Å². The summed E-state index contributed by atoms with van der Waals surface area (Å²) in [5.74, 6) is -0.484. The van der Waals surface area contributed by atoms with Crippen molar-refractivity contribution in [2.24, 2.45) is 0 Å². The third kappa shape index (κ3) is 4.37. The number of hydrogen-bond donors (Lipinski definition) is 2. The van der Waals surface area contributed by atoms with Gasteiger partial charge in [-0.3, -0.25) is 9.59 Å². The summed E-state index contributed by atoms with van der Waals surface area (Å²) in [6.07, 6.45) is 5.67. The van der Waals surface area contributed by atoms with E-state index in [1.807, 2.05) is 0 Å². The topological polar surface area (TPSA) is 110 Å². The van der Waals surface area contributed by atoms with Gasteiger partial charge in [-0.25, -0.2) is 14.6 Å². The second kappa shape index (κ2) is 7.13. The fraction of sp³-hybridized carbons (Fsp3) is 0.308. The van der Waals surface area contributed by atoms with Crippen LogP contribution in [0, 0.1) is 0 Å². The molecule has 21 heavy (non-hydrogen) atoms. The molecule has 0 saturated heterocycles. The molecule has 0 radical (unpaired) electrons. The first-order valence-corrected chi connectivity index (χ1v) is 6.48. The average Bonchev–Trinajstić information content (AvgIpc) is 3.01. The van der Waals surface area contributed by atoms with E-state index >= 15 is 0 Å². The molecule has 2 aromatic rings. The lowest BCUT2D eigenvalue weighted by Crippen LogP contribution is -2.24. The SMILES string of the molecule is O=C(O)CCCCNC(=O)c1ccc(-n2cncn2)nc1. The first-order valence-electron chi connectivity index (χ1n) is 6.48. The van der Waals surface area contributed by atoms with E-state index in [2.05, 4.69) is 20.4 Å². The zero-order valence-corrected chi connectivity index (χ0v) is 11.3. The molecule has 2 aromatic heterocycles. The number of hydrogen-bond acceptors (Lipinski definition) is 5. The Balaban J connectivity index is 1.81. The van der Waals surface area contributed by atoms with Gasteiger partial charge in [-0.15, -0.1) is 0 Å². The summed E-state index contributed by atoms with van der Waals surface area (Å²) in [5.41, 5.74) is 0.442. The first kappa shape index (κ1) is 14.6. The average molecular weight is 289 g/mol. The van der Waals surface area contributed by atoms with E-state index in [1.54, 1.807) is 12.1 Å². The molecule has 0 saturated carbocycles. The van der Waals surface area contributed by atoms with Crippen molar-refractivity contribution in [3.63, 3.8) is 0 Å². The smallest absolute Gasteiger partial charge is 0.303 e. The van der Waals surface area contributed by atoms with Gasteiger partial charge in [0.25, 0.3) is 5.91 Å². The molecule has 2 rings (SSSR count). The van der Waals surface area contributed by atoms with Gasteiger partial charge in [0.05, 0.1) is 5.56 Å². The quantitative estimate of drug-likeness (QED) is 0.724. The number of nitrogens with zero attached hydrogens (tertiary/aromatic N) is 4. The summed E-state index contributed by atoms with van der Waals surface area (Å²) in [5, 5.41) is 15.2. The van der Waals surface area contributed by atoms with Crippen molar-refractivity contribution in [3.8, 4) is 5.82 Å². The molecule has 0 aliphatic rings. The standard InChI is InChI=1S/C13H15N5O3/c19-12(20)3-1-2-6-15-13(21)10-4-5-11(16-7-10)18-9-14-8-17-18/h4-5,7-9H,1-3,6H2,(H,15,21)(H,19,20). The molecule has 2 N–H and O–H groups in total. The van der Waals surface area contributed by atoms with Crippen molar-refractivity contribution >= 4 is 11.9 Å². The zero-order chi connectivity index (χ0) is 15.1. The summed E-state index contributed by atoms with van der Waals surface area (Å²) in [6.45, 7) is 0.441. The maximum Gasteiger partial charge on any atom is 0.303 e. The second-order valence-corrected chi connectivity index (χ2v) is 4.35. The predicted molar refractivity (Wildman–Crippen MR) is 73.0 cm³/mol. The minimum atomic E-state index is -0.825. The number of rotatable bonds is 7. The lowest BCUT2D eigenvalue weighted by Gasteiger charge is -2.05. The third-order valence-electron chi connectivity index (χ3n) is 2.77. The zero-order valence-electron chi connectivity index (χ0n) is 11.3. The van der Waals surface area contributed by atoms with Crippen LogP contribution in [-0.4, -0.2) is 43.3 Å². The van der Waals surface area contributed by atoms with Gasteiger partial charge in [-0.2, -0.15) is 5.10 Å². The van der Waals surface area contributed by atoms with Crippen molar-refractivity contribution in [1.82, 2.24) is 25.1 Å². The van der Waals surface area contributed by atoms with Gasteiger partial charge in [0.1, 0.15) is 12.7 Å². The van der Waals surface area contributed by atoms with Crippen LogP contribution < -0.4 is 5.32 Å². The second-order valence-electron chi connectivity index (χ2n) is 4.35.